The van der Waals surface area contributed by atoms with Crippen LogP contribution >= 0.6 is 0 Å². The molecule has 0 nitrogen and oxygen atoms in total. The first-order valence-electron chi connectivity index (χ1n) is 6.75. The lowest BCUT2D eigenvalue weighted by Gasteiger charge is -2.35. The van der Waals surface area contributed by atoms with E-state index in [9.17, 15) is 0 Å². The third kappa shape index (κ3) is 1.04. The third-order valence-electron chi connectivity index (χ3n) is 5.89. The van der Waals surface area contributed by atoms with E-state index >= 15 is 0 Å². The first kappa shape index (κ1) is 9.93. The molecule has 0 heterocycles. The Hall–Kier alpha value is -0.260. The summed E-state index contributed by atoms with van der Waals surface area (Å²) in [6.07, 6.45) is 6.91. The Labute approximate surface area is 94.1 Å². The summed E-state index contributed by atoms with van der Waals surface area (Å²) in [6, 6.07) is 0. The average Bonchev–Trinajstić information content (AvgIpc) is 2.75. The van der Waals surface area contributed by atoms with Crippen LogP contribution in [0.15, 0.2) is 11.6 Å². The molecule has 0 bridgehead atoms. The maximum atomic E-state index is 2.53. The predicted octanol–water partition coefficient (Wildman–Crippen LogP) is 4.27. The number of hydrogen-bond acceptors (Lipinski definition) is 0. The Kier molecular flexibility index (Phi) is 1.92. The van der Waals surface area contributed by atoms with Gasteiger partial charge in [-0.2, -0.15) is 0 Å². The number of rotatable bonds is 1. The van der Waals surface area contributed by atoms with Gasteiger partial charge in [0.25, 0.3) is 0 Å². The van der Waals surface area contributed by atoms with Gasteiger partial charge in [0, 0.05) is 0 Å². The Morgan fingerprint density at radius 1 is 1.33 bits per heavy atom. The molecule has 0 saturated heterocycles. The van der Waals surface area contributed by atoms with Crippen LogP contribution in [0.4, 0.5) is 0 Å². The Morgan fingerprint density at radius 3 is 2.73 bits per heavy atom. The summed E-state index contributed by atoms with van der Waals surface area (Å²) in [6.45, 7) is 9.75. The molecule has 0 aromatic carbocycles. The quantitative estimate of drug-likeness (QED) is 0.559. The summed E-state index contributed by atoms with van der Waals surface area (Å²) >= 11 is 0. The molecule has 0 radical (unpaired) electrons. The molecule has 0 heteroatoms. The number of hydrogen-bond donors (Lipinski definition) is 0. The van der Waals surface area contributed by atoms with Crippen molar-refractivity contribution in [1.29, 1.82) is 0 Å². The lowest BCUT2D eigenvalue weighted by molar-refractivity contribution is 0.149. The van der Waals surface area contributed by atoms with Crippen molar-refractivity contribution >= 4 is 0 Å². The van der Waals surface area contributed by atoms with Crippen LogP contribution in [-0.4, -0.2) is 0 Å². The van der Waals surface area contributed by atoms with Gasteiger partial charge < -0.3 is 0 Å². The lowest BCUT2D eigenvalue weighted by Crippen LogP contribution is -2.27. The maximum absolute atomic E-state index is 2.53. The zero-order valence-corrected chi connectivity index (χ0v) is 10.6. The number of fused-ring (bicyclic) bond motifs is 1. The molecule has 3 rings (SSSR count). The largest absolute Gasteiger partial charge is 0.0847 e. The predicted molar refractivity (Wildman–Crippen MR) is 64.5 cm³/mol. The summed E-state index contributed by atoms with van der Waals surface area (Å²) in [4.78, 5) is 0. The second-order valence-electron chi connectivity index (χ2n) is 6.65. The van der Waals surface area contributed by atoms with E-state index in [1.165, 1.54) is 19.3 Å². The van der Waals surface area contributed by atoms with Gasteiger partial charge in [-0.05, 0) is 61.2 Å². The van der Waals surface area contributed by atoms with Crippen molar-refractivity contribution in [2.75, 3.05) is 0 Å². The fourth-order valence-electron chi connectivity index (χ4n) is 5.05. The van der Waals surface area contributed by atoms with Gasteiger partial charge in [-0.1, -0.05) is 32.4 Å². The molecule has 0 amide bonds. The van der Waals surface area contributed by atoms with Crippen molar-refractivity contribution in [2.24, 2.45) is 35.0 Å². The molecule has 15 heavy (non-hydrogen) atoms. The van der Waals surface area contributed by atoms with Gasteiger partial charge in [0.2, 0.25) is 0 Å². The molecule has 2 fully saturated rings. The van der Waals surface area contributed by atoms with Gasteiger partial charge in [0.05, 0.1) is 0 Å². The van der Waals surface area contributed by atoms with Crippen molar-refractivity contribution in [2.45, 2.75) is 47.0 Å². The highest BCUT2D eigenvalue weighted by molar-refractivity contribution is 5.35. The smallest absolute Gasteiger partial charge is 0.0104 e. The summed E-state index contributed by atoms with van der Waals surface area (Å²) in [5, 5.41) is 0. The van der Waals surface area contributed by atoms with E-state index in [-0.39, 0.29) is 0 Å². The van der Waals surface area contributed by atoms with Crippen LogP contribution in [0.3, 0.4) is 0 Å². The molecule has 1 spiro atoms. The van der Waals surface area contributed by atoms with E-state index in [2.05, 4.69) is 33.8 Å². The summed E-state index contributed by atoms with van der Waals surface area (Å²) in [7, 11) is 0. The maximum Gasteiger partial charge on any atom is -0.0104 e. The van der Waals surface area contributed by atoms with Gasteiger partial charge in [0.1, 0.15) is 0 Å². The highest BCUT2D eigenvalue weighted by Crippen LogP contribution is 2.77. The van der Waals surface area contributed by atoms with Gasteiger partial charge in [-0.3, -0.25) is 0 Å². The van der Waals surface area contributed by atoms with Crippen LogP contribution in [0, 0.1) is 35.0 Å². The topological polar surface area (TPSA) is 0 Å². The van der Waals surface area contributed by atoms with Gasteiger partial charge in [-0.25, -0.2) is 0 Å². The third-order valence-corrected chi connectivity index (χ3v) is 5.89. The van der Waals surface area contributed by atoms with Crippen molar-refractivity contribution in [3.05, 3.63) is 11.6 Å². The van der Waals surface area contributed by atoms with Gasteiger partial charge >= 0.3 is 0 Å². The van der Waals surface area contributed by atoms with E-state index < -0.39 is 0 Å². The zero-order valence-electron chi connectivity index (χ0n) is 10.6. The molecule has 84 valence electrons. The summed E-state index contributed by atoms with van der Waals surface area (Å²) in [5.41, 5.74) is 2.47. The van der Waals surface area contributed by atoms with Crippen molar-refractivity contribution < 1.29 is 0 Å². The number of allylic oxidation sites excluding steroid dienone is 2. The Morgan fingerprint density at radius 2 is 2.07 bits per heavy atom. The average molecular weight is 204 g/mol. The first-order chi connectivity index (χ1) is 7.09. The second kappa shape index (κ2) is 2.90. The van der Waals surface area contributed by atoms with E-state index in [0.29, 0.717) is 0 Å². The SMILES string of the molecule is CC1=CC[C@@]23[C@@H]([C@@H]12)[C@H](C(C)C)CC[C@@H]3C. The monoisotopic (exact) mass is 204 g/mol. The molecule has 0 aromatic rings. The molecule has 2 saturated carbocycles. The zero-order chi connectivity index (χ0) is 10.8. The van der Waals surface area contributed by atoms with E-state index in [1.54, 1.807) is 5.57 Å². The minimum atomic E-state index is 0.747. The van der Waals surface area contributed by atoms with Crippen LogP contribution in [-0.2, 0) is 0 Å². The van der Waals surface area contributed by atoms with Crippen LogP contribution in [0.1, 0.15) is 47.0 Å². The molecular formula is C15H24. The summed E-state index contributed by atoms with van der Waals surface area (Å²) in [5.74, 6) is 4.96. The fourth-order valence-corrected chi connectivity index (χ4v) is 5.05. The van der Waals surface area contributed by atoms with Crippen LogP contribution in [0.5, 0.6) is 0 Å². The molecule has 3 aliphatic carbocycles. The Balaban J connectivity index is 1.91. The van der Waals surface area contributed by atoms with Gasteiger partial charge in [0.15, 0.2) is 0 Å². The van der Waals surface area contributed by atoms with Crippen LogP contribution < -0.4 is 0 Å². The molecule has 0 aliphatic heterocycles. The normalized spacial score (nSPS) is 52.5. The second-order valence-corrected chi connectivity index (χ2v) is 6.65. The summed E-state index contributed by atoms with van der Waals surface area (Å²) < 4.78 is 0. The molecular weight excluding hydrogens is 180 g/mol. The van der Waals surface area contributed by atoms with E-state index in [0.717, 1.165) is 35.0 Å². The Bertz CT molecular complexity index is 312. The molecule has 0 N–H and O–H groups in total. The molecule has 0 aromatic heterocycles. The fraction of sp³-hybridized carbons (Fsp3) is 0.867. The van der Waals surface area contributed by atoms with Crippen LogP contribution in [0.2, 0.25) is 0 Å². The van der Waals surface area contributed by atoms with Crippen molar-refractivity contribution in [3.8, 4) is 0 Å². The highest BCUT2D eigenvalue weighted by Gasteiger charge is 2.71. The lowest BCUT2D eigenvalue weighted by atomic mass is 9.70. The highest BCUT2D eigenvalue weighted by atomic mass is 14.8. The minimum absolute atomic E-state index is 0.747. The molecule has 5 atom stereocenters. The van der Waals surface area contributed by atoms with Crippen molar-refractivity contribution in [1.82, 2.24) is 0 Å². The molecule has 3 aliphatic rings. The first-order valence-corrected chi connectivity index (χ1v) is 6.75. The van der Waals surface area contributed by atoms with E-state index in [4.69, 9.17) is 0 Å². The van der Waals surface area contributed by atoms with Crippen LogP contribution in [0.25, 0.3) is 0 Å². The van der Waals surface area contributed by atoms with Crippen molar-refractivity contribution in [3.63, 3.8) is 0 Å². The van der Waals surface area contributed by atoms with Gasteiger partial charge in [-0.15, -0.1) is 0 Å². The minimum Gasteiger partial charge on any atom is -0.0847 e. The van der Waals surface area contributed by atoms with E-state index in [1.807, 2.05) is 0 Å². The molecule has 0 unspecified atom stereocenters. The standard InChI is InChI=1S/C15H24/c1-9(2)12-6-5-11(4)15-8-7-10(3)13(15)14(12)15/h7,9,11-14H,5-6,8H2,1-4H3/t11-,12-,13+,14+,15-/m0/s1.